The number of methoxy groups -OCH3 is 1. The molecule has 1 amide bonds. The van der Waals surface area contributed by atoms with Gasteiger partial charge < -0.3 is 15.2 Å². The number of nitrogens with one attached hydrogen (secondary N) is 1. The number of rotatable bonds is 6. The molecule has 0 unspecified atom stereocenters. The quantitative estimate of drug-likeness (QED) is 0.771. The minimum Gasteiger partial charge on any atom is -0.480 e. The van der Waals surface area contributed by atoms with Crippen molar-refractivity contribution in [3.05, 3.63) is 30.4 Å². The second-order valence-electron chi connectivity index (χ2n) is 3.93. The summed E-state index contributed by atoms with van der Waals surface area (Å²) < 4.78 is 7.57. The average molecular weight is 279 g/mol. The molecule has 2 aromatic rings. The van der Waals surface area contributed by atoms with Crippen LogP contribution in [0.5, 0.6) is 0 Å². The average Bonchev–Trinajstić information content (AvgIpc) is 2.99. The van der Waals surface area contributed by atoms with E-state index in [1.165, 1.54) is 34.9 Å². The number of aromatic nitrogens is 4. The fourth-order valence-corrected chi connectivity index (χ4v) is 1.54. The molecule has 0 aromatic carbocycles. The van der Waals surface area contributed by atoms with Crippen molar-refractivity contribution < 1.29 is 19.4 Å². The van der Waals surface area contributed by atoms with Crippen LogP contribution in [0.2, 0.25) is 0 Å². The predicted molar refractivity (Wildman–Crippen MR) is 67.1 cm³/mol. The summed E-state index contributed by atoms with van der Waals surface area (Å²) in [5.41, 5.74) is 0.630. The highest BCUT2D eigenvalue weighted by molar-refractivity contribution is 6.02. The van der Waals surface area contributed by atoms with Crippen LogP contribution in [0.4, 0.5) is 5.69 Å². The summed E-state index contributed by atoms with van der Waals surface area (Å²) in [7, 11) is 1.54. The van der Waals surface area contributed by atoms with Crippen LogP contribution in [0.3, 0.4) is 0 Å². The van der Waals surface area contributed by atoms with E-state index < -0.39 is 11.9 Å². The zero-order chi connectivity index (χ0) is 14.5. The smallest absolute Gasteiger partial charge is 0.325 e. The highest BCUT2D eigenvalue weighted by Gasteiger charge is 2.11. The maximum absolute atomic E-state index is 11.9. The number of carboxylic acid groups (broad SMARTS) is 1. The van der Waals surface area contributed by atoms with E-state index in [0.29, 0.717) is 5.69 Å². The van der Waals surface area contributed by atoms with Crippen LogP contribution in [0, 0.1) is 0 Å². The molecule has 2 aromatic heterocycles. The van der Waals surface area contributed by atoms with E-state index in [1.54, 1.807) is 6.20 Å². The van der Waals surface area contributed by atoms with Crippen LogP contribution in [0.15, 0.2) is 24.7 Å². The Bertz CT molecular complexity index is 618. The number of ether oxygens (including phenoxy) is 1. The Morgan fingerprint density at radius 1 is 1.45 bits per heavy atom. The van der Waals surface area contributed by atoms with Gasteiger partial charge in [0, 0.05) is 13.3 Å². The summed E-state index contributed by atoms with van der Waals surface area (Å²) in [4.78, 5) is 22.4. The van der Waals surface area contributed by atoms with Gasteiger partial charge in [0.2, 0.25) is 0 Å². The lowest BCUT2D eigenvalue weighted by Crippen LogP contribution is -2.14. The molecule has 0 radical (unpaired) electrons. The zero-order valence-electron chi connectivity index (χ0n) is 10.7. The largest absolute Gasteiger partial charge is 0.480 e. The summed E-state index contributed by atoms with van der Waals surface area (Å²) in [6.07, 6.45) is 4.51. The molecule has 0 saturated heterocycles. The molecule has 0 bridgehead atoms. The molecule has 0 saturated carbocycles. The maximum atomic E-state index is 11.9. The Hall–Kier alpha value is -2.68. The molecule has 2 heterocycles. The van der Waals surface area contributed by atoms with Crippen molar-refractivity contribution in [3.63, 3.8) is 0 Å². The minimum absolute atomic E-state index is 0.130. The molecule has 0 atom stereocenters. The first-order valence-corrected chi connectivity index (χ1v) is 5.66. The Labute approximate surface area is 113 Å². The number of nitrogens with zero attached hydrogens (tertiary/aromatic N) is 4. The van der Waals surface area contributed by atoms with Gasteiger partial charge in [0.1, 0.15) is 13.3 Å². The van der Waals surface area contributed by atoms with Crippen molar-refractivity contribution in [1.82, 2.24) is 19.6 Å². The Balaban J connectivity index is 2.00. The van der Waals surface area contributed by atoms with Crippen LogP contribution in [0.25, 0.3) is 0 Å². The molecule has 0 aliphatic heterocycles. The molecule has 0 spiro atoms. The SMILES string of the molecule is COCn1cc(NC(=O)c2ccn(CC(=O)O)n2)cn1. The van der Waals surface area contributed by atoms with Crippen molar-refractivity contribution >= 4 is 17.6 Å². The van der Waals surface area contributed by atoms with Gasteiger partial charge in [-0.05, 0) is 6.07 Å². The van der Waals surface area contributed by atoms with Gasteiger partial charge in [-0.2, -0.15) is 10.2 Å². The second-order valence-corrected chi connectivity index (χ2v) is 3.93. The number of anilines is 1. The molecule has 9 heteroatoms. The highest BCUT2D eigenvalue weighted by atomic mass is 16.5. The topological polar surface area (TPSA) is 111 Å². The van der Waals surface area contributed by atoms with E-state index in [-0.39, 0.29) is 19.0 Å². The van der Waals surface area contributed by atoms with Crippen LogP contribution in [-0.4, -0.2) is 43.7 Å². The molecule has 2 N–H and O–H groups in total. The fourth-order valence-electron chi connectivity index (χ4n) is 1.54. The summed E-state index contributed by atoms with van der Waals surface area (Å²) >= 11 is 0. The Morgan fingerprint density at radius 3 is 2.95 bits per heavy atom. The first kappa shape index (κ1) is 13.7. The number of hydrogen-bond acceptors (Lipinski definition) is 5. The lowest BCUT2D eigenvalue weighted by molar-refractivity contribution is -0.137. The molecule has 20 heavy (non-hydrogen) atoms. The lowest BCUT2D eigenvalue weighted by atomic mass is 10.4. The normalized spacial score (nSPS) is 10.4. The van der Waals surface area contributed by atoms with E-state index in [0.717, 1.165) is 0 Å². The van der Waals surface area contributed by atoms with Crippen molar-refractivity contribution in [3.8, 4) is 0 Å². The van der Waals surface area contributed by atoms with Crippen LogP contribution < -0.4 is 5.32 Å². The van der Waals surface area contributed by atoms with Gasteiger partial charge in [0.15, 0.2) is 5.69 Å². The van der Waals surface area contributed by atoms with Gasteiger partial charge in [-0.15, -0.1) is 0 Å². The molecular formula is C11H13N5O4. The van der Waals surface area contributed by atoms with Gasteiger partial charge in [0.25, 0.3) is 5.91 Å². The predicted octanol–water partition coefficient (Wildman–Crippen LogP) is 0.0204. The van der Waals surface area contributed by atoms with Gasteiger partial charge in [-0.1, -0.05) is 0 Å². The number of hydrogen-bond donors (Lipinski definition) is 2. The summed E-state index contributed by atoms with van der Waals surface area (Å²) in [5, 5.41) is 19.1. The van der Waals surface area contributed by atoms with Gasteiger partial charge in [0.05, 0.1) is 18.1 Å². The molecule has 0 aliphatic carbocycles. The number of aliphatic carboxylic acids is 1. The van der Waals surface area contributed by atoms with E-state index in [9.17, 15) is 9.59 Å². The van der Waals surface area contributed by atoms with Gasteiger partial charge >= 0.3 is 5.97 Å². The van der Waals surface area contributed by atoms with Crippen molar-refractivity contribution in [2.75, 3.05) is 12.4 Å². The lowest BCUT2D eigenvalue weighted by Gasteiger charge is -1.99. The van der Waals surface area contributed by atoms with Gasteiger partial charge in [-0.3, -0.25) is 14.3 Å². The second kappa shape index (κ2) is 5.97. The fraction of sp³-hybridized carbons (Fsp3) is 0.273. The van der Waals surface area contributed by atoms with E-state index >= 15 is 0 Å². The molecule has 0 fully saturated rings. The summed E-state index contributed by atoms with van der Waals surface area (Å²) in [6.45, 7) is -0.0117. The number of carbonyl (C=O) groups is 2. The third-order valence-corrected chi connectivity index (χ3v) is 2.32. The molecular weight excluding hydrogens is 266 g/mol. The third kappa shape index (κ3) is 3.42. The number of carbonyl (C=O) groups excluding carboxylic acids is 1. The highest BCUT2D eigenvalue weighted by Crippen LogP contribution is 2.07. The molecule has 106 valence electrons. The molecule has 0 aliphatic rings. The van der Waals surface area contributed by atoms with E-state index in [1.807, 2.05) is 0 Å². The summed E-state index contributed by atoms with van der Waals surface area (Å²) in [5.74, 6) is -1.47. The van der Waals surface area contributed by atoms with Crippen LogP contribution in [-0.2, 0) is 22.8 Å². The monoisotopic (exact) mass is 279 g/mol. The van der Waals surface area contributed by atoms with Crippen molar-refractivity contribution in [2.24, 2.45) is 0 Å². The standard InChI is InChI=1S/C11H13N5O4/c1-20-7-16-5-8(4-12-16)13-11(19)9-2-3-15(14-9)6-10(17)18/h2-5H,6-7H2,1H3,(H,13,19)(H,17,18). The molecule has 2 rings (SSSR count). The number of amides is 1. The van der Waals surface area contributed by atoms with Gasteiger partial charge in [-0.25, -0.2) is 4.68 Å². The third-order valence-electron chi connectivity index (χ3n) is 2.32. The molecule has 9 nitrogen and oxygen atoms in total. The van der Waals surface area contributed by atoms with E-state index in [2.05, 4.69) is 15.5 Å². The summed E-state index contributed by atoms with van der Waals surface area (Å²) in [6, 6.07) is 1.44. The Kier molecular flexibility index (Phi) is 4.11. The number of carboxylic acids is 1. The Morgan fingerprint density at radius 2 is 2.25 bits per heavy atom. The minimum atomic E-state index is -1.03. The first-order valence-electron chi connectivity index (χ1n) is 5.66. The van der Waals surface area contributed by atoms with Crippen molar-refractivity contribution in [2.45, 2.75) is 13.3 Å². The first-order chi connectivity index (χ1) is 9.58. The maximum Gasteiger partial charge on any atom is 0.325 e. The zero-order valence-corrected chi connectivity index (χ0v) is 10.7. The van der Waals surface area contributed by atoms with E-state index in [4.69, 9.17) is 9.84 Å². The van der Waals surface area contributed by atoms with Crippen LogP contribution >= 0.6 is 0 Å². The van der Waals surface area contributed by atoms with Crippen molar-refractivity contribution in [1.29, 1.82) is 0 Å². The van der Waals surface area contributed by atoms with Crippen LogP contribution in [0.1, 0.15) is 10.5 Å².